The van der Waals surface area contributed by atoms with Crippen LogP contribution in [0.3, 0.4) is 0 Å². The van der Waals surface area contributed by atoms with Crippen LogP contribution in [0.5, 0.6) is 0 Å². The lowest BCUT2D eigenvalue weighted by atomic mass is 9.96. The molecule has 1 N–H and O–H groups in total. The van der Waals surface area contributed by atoms with Gasteiger partial charge in [-0.25, -0.2) is 9.97 Å². The highest BCUT2D eigenvalue weighted by atomic mass is 32.1. The maximum atomic E-state index is 12.8. The zero-order valence-electron chi connectivity index (χ0n) is 14.6. The minimum absolute atomic E-state index is 0.0482. The van der Waals surface area contributed by atoms with Crippen molar-refractivity contribution < 1.29 is 14.3 Å². The number of carbonyl (C=O) groups is 2. The molecule has 0 aromatic carbocycles. The van der Waals surface area contributed by atoms with Crippen LogP contribution in [-0.2, 0) is 14.3 Å². The highest BCUT2D eigenvalue weighted by Gasteiger charge is 2.29. The van der Waals surface area contributed by atoms with Crippen molar-refractivity contribution >= 4 is 29.2 Å². The van der Waals surface area contributed by atoms with E-state index < -0.39 is 0 Å². The Balaban J connectivity index is 1.66. The smallest absolute Gasteiger partial charge is 0.307 e. The Hall–Kier alpha value is -2.48. The first kappa shape index (κ1) is 18.3. The lowest BCUT2D eigenvalue weighted by Crippen LogP contribution is -2.44. The number of rotatable bonds is 6. The average Bonchev–Trinajstić information content (AvgIpc) is 3.23. The number of carbonyl (C=O) groups excluding carboxylic acids is 2. The zero-order chi connectivity index (χ0) is 18.4. The van der Waals surface area contributed by atoms with Gasteiger partial charge in [0.2, 0.25) is 11.9 Å². The molecular formula is C18H22N4O3S. The molecule has 0 radical (unpaired) electrons. The Kier molecular flexibility index (Phi) is 6.17. The molecule has 0 saturated carbocycles. The third-order valence-corrected chi connectivity index (χ3v) is 5.41. The van der Waals surface area contributed by atoms with Gasteiger partial charge >= 0.3 is 5.97 Å². The van der Waals surface area contributed by atoms with Gasteiger partial charge in [0.25, 0.3) is 0 Å². The van der Waals surface area contributed by atoms with Crippen LogP contribution >= 0.6 is 11.3 Å². The molecule has 2 unspecified atom stereocenters. The standard InChI is InChI=1S/C18H22N4O3S/c1-25-16(23)11-14(15-6-3-10-26-15)21-17(24)13-5-2-9-22(12-13)18-19-7-4-8-20-18/h3-4,6-8,10,13-14H,2,5,9,11-12H2,1H3,(H,21,24). The predicted molar refractivity (Wildman–Crippen MR) is 98.8 cm³/mol. The topological polar surface area (TPSA) is 84.4 Å². The van der Waals surface area contributed by atoms with Crippen LogP contribution in [0.4, 0.5) is 5.95 Å². The molecule has 1 aliphatic heterocycles. The third kappa shape index (κ3) is 4.57. The molecule has 3 rings (SSSR count). The molecule has 1 aliphatic rings. The van der Waals surface area contributed by atoms with E-state index in [1.807, 2.05) is 22.4 Å². The molecule has 0 spiro atoms. The first-order valence-corrected chi connectivity index (χ1v) is 9.48. The van der Waals surface area contributed by atoms with E-state index >= 15 is 0 Å². The molecule has 1 saturated heterocycles. The number of anilines is 1. The van der Waals surface area contributed by atoms with Crippen LogP contribution in [0.25, 0.3) is 0 Å². The van der Waals surface area contributed by atoms with Crippen molar-refractivity contribution in [2.75, 3.05) is 25.1 Å². The van der Waals surface area contributed by atoms with Crippen LogP contribution < -0.4 is 10.2 Å². The molecular weight excluding hydrogens is 352 g/mol. The Labute approximate surface area is 156 Å². The number of piperidine rings is 1. The van der Waals surface area contributed by atoms with Crippen molar-refractivity contribution in [2.24, 2.45) is 5.92 Å². The lowest BCUT2D eigenvalue weighted by Gasteiger charge is -2.32. The summed E-state index contributed by atoms with van der Waals surface area (Å²) in [5, 5.41) is 4.96. The summed E-state index contributed by atoms with van der Waals surface area (Å²) < 4.78 is 4.77. The first-order chi connectivity index (χ1) is 12.7. The molecule has 0 bridgehead atoms. The van der Waals surface area contributed by atoms with Gasteiger partial charge < -0.3 is 15.0 Å². The number of hydrogen-bond acceptors (Lipinski definition) is 7. The first-order valence-electron chi connectivity index (χ1n) is 8.60. The molecule has 138 valence electrons. The minimum Gasteiger partial charge on any atom is -0.469 e. The molecule has 3 heterocycles. The summed E-state index contributed by atoms with van der Waals surface area (Å²) in [5.74, 6) is 0.0987. The quantitative estimate of drug-likeness (QED) is 0.780. The Morgan fingerprint density at radius 3 is 2.88 bits per heavy atom. The number of aromatic nitrogens is 2. The molecule has 7 nitrogen and oxygen atoms in total. The predicted octanol–water partition coefficient (Wildman–Crippen LogP) is 2.18. The van der Waals surface area contributed by atoms with Gasteiger partial charge in [-0.1, -0.05) is 6.07 Å². The van der Waals surface area contributed by atoms with Crippen LogP contribution in [-0.4, -0.2) is 42.0 Å². The number of thiophene rings is 1. The van der Waals surface area contributed by atoms with Gasteiger partial charge in [-0.15, -0.1) is 11.3 Å². The van der Waals surface area contributed by atoms with Crippen molar-refractivity contribution in [2.45, 2.75) is 25.3 Å². The highest BCUT2D eigenvalue weighted by Crippen LogP contribution is 2.25. The van der Waals surface area contributed by atoms with Gasteiger partial charge in [-0.2, -0.15) is 0 Å². The lowest BCUT2D eigenvalue weighted by molar-refractivity contribution is -0.141. The summed E-state index contributed by atoms with van der Waals surface area (Å²) >= 11 is 1.52. The Morgan fingerprint density at radius 2 is 2.19 bits per heavy atom. The number of nitrogens with zero attached hydrogens (tertiary/aromatic N) is 3. The van der Waals surface area contributed by atoms with Gasteiger partial charge in [-0.3, -0.25) is 9.59 Å². The Morgan fingerprint density at radius 1 is 1.38 bits per heavy atom. The van der Waals surface area contributed by atoms with Gasteiger partial charge in [0.15, 0.2) is 0 Å². The molecule has 2 aromatic heterocycles. The van der Waals surface area contributed by atoms with E-state index in [-0.39, 0.29) is 30.3 Å². The second-order valence-corrected chi connectivity index (χ2v) is 7.17. The van der Waals surface area contributed by atoms with E-state index in [1.54, 1.807) is 18.5 Å². The number of ether oxygens (including phenoxy) is 1. The van der Waals surface area contributed by atoms with Crippen molar-refractivity contribution in [1.82, 2.24) is 15.3 Å². The fourth-order valence-electron chi connectivity index (χ4n) is 3.08. The minimum atomic E-state index is -0.363. The van der Waals surface area contributed by atoms with Gasteiger partial charge in [0, 0.05) is 30.4 Å². The number of methoxy groups -OCH3 is 1. The number of amides is 1. The van der Waals surface area contributed by atoms with Crippen LogP contribution in [0.2, 0.25) is 0 Å². The van der Waals surface area contributed by atoms with E-state index in [9.17, 15) is 9.59 Å². The Bertz CT molecular complexity index is 723. The van der Waals surface area contributed by atoms with Gasteiger partial charge in [0.05, 0.1) is 25.5 Å². The molecule has 0 aliphatic carbocycles. The summed E-state index contributed by atoms with van der Waals surface area (Å²) in [6.07, 6.45) is 5.24. The molecule has 26 heavy (non-hydrogen) atoms. The SMILES string of the molecule is COC(=O)CC(NC(=O)C1CCCN(c2ncccn2)C1)c1cccs1. The fourth-order valence-corrected chi connectivity index (χ4v) is 3.86. The van der Waals surface area contributed by atoms with Crippen molar-refractivity contribution in [3.8, 4) is 0 Å². The fraction of sp³-hybridized carbons (Fsp3) is 0.444. The zero-order valence-corrected chi connectivity index (χ0v) is 15.4. The maximum Gasteiger partial charge on any atom is 0.307 e. The molecule has 1 amide bonds. The number of hydrogen-bond donors (Lipinski definition) is 1. The molecule has 1 fully saturated rings. The van der Waals surface area contributed by atoms with Gasteiger partial charge in [-0.05, 0) is 30.4 Å². The van der Waals surface area contributed by atoms with E-state index in [2.05, 4.69) is 15.3 Å². The monoisotopic (exact) mass is 374 g/mol. The van der Waals surface area contributed by atoms with Crippen LogP contribution in [0.15, 0.2) is 36.0 Å². The second-order valence-electron chi connectivity index (χ2n) is 6.19. The molecule has 8 heteroatoms. The summed E-state index contributed by atoms with van der Waals surface area (Å²) in [6.45, 7) is 1.41. The summed E-state index contributed by atoms with van der Waals surface area (Å²) in [4.78, 5) is 36.1. The van der Waals surface area contributed by atoms with Crippen molar-refractivity contribution in [1.29, 1.82) is 0 Å². The van der Waals surface area contributed by atoms with E-state index in [4.69, 9.17) is 4.74 Å². The third-order valence-electron chi connectivity index (χ3n) is 4.43. The largest absolute Gasteiger partial charge is 0.469 e. The maximum absolute atomic E-state index is 12.8. The summed E-state index contributed by atoms with van der Waals surface area (Å²) in [5.41, 5.74) is 0. The van der Waals surface area contributed by atoms with Crippen molar-refractivity contribution in [3.63, 3.8) is 0 Å². The van der Waals surface area contributed by atoms with E-state index in [1.165, 1.54) is 18.4 Å². The number of nitrogens with one attached hydrogen (secondary N) is 1. The summed E-state index contributed by atoms with van der Waals surface area (Å²) in [7, 11) is 1.36. The van der Waals surface area contributed by atoms with Crippen LogP contribution in [0.1, 0.15) is 30.2 Å². The second kappa shape index (κ2) is 8.75. The summed E-state index contributed by atoms with van der Waals surface area (Å²) in [6, 6.07) is 5.24. The highest BCUT2D eigenvalue weighted by molar-refractivity contribution is 7.10. The van der Waals surface area contributed by atoms with E-state index in [0.29, 0.717) is 12.5 Å². The number of esters is 1. The van der Waals surface area contributed by atoms with Crippen LogP contribution in [0, 0.1) is 5.92 Å². The molecule has 2 aromatic rings. The van der Waals surface area contributed by atoms with Crippen molar-refractivity contribution in [3.05, 3.63) is 40.8 Å². The van der Waals surface area contributed by atoms with Gasteiger partial charge in [0.1, 0.15) is 0 Å². The van der Waals surface area contributed by atoms with E-state index in [0.717, 1.165) is 24.3 Å². The average molecular weight is 374 g/mol. The normalized spacial score (nSPS) is 18.2. The molecule has 2 atom stereocenters.